The summed E-state index contributed by atoms with van der Waals surface area (Å²) in [4.78, 5) is 42.3. The normalized spacial score (nSPS) is 20.7. The van der Waals surface area contributed by atoms with Crippen molar-refractivity contribution in [3.05, 3.63) is 58.8 Å². The van der Waals surface area contributed by atoms with Crippen molar-refractivity contribution in [2.24, 2.45) is 0 Å². The van der Waals surface area contributed by atoms with E-state index in [9.17, 15) is 23.5 Å². The number of rotatable bonds is 8. The van der Waals surface area contributed by atoms with E-state index in [0.29, 0.717) is 55.3 Å². The molecule has 0 aliphatic carbocycles. The maximum absolute atomic E-state index is 16.4. The minimum Gasteiger partial charge on any atom is -0.508 e. The molecular weight excluding hydrogens is 750 g/mol. The zero-order valence-corrected chi connectivity index (χ0v) is 33.7. The molecule has 11 nitrogen and oxygen atoms in total. The molecule has 1 amide bonds. The number of carbonyl (C=O) groups is 2. The molecule has 2 bridgehead atoms. The van der Waals surface area contributed by atoms with E-state index in [1.54, 1.807) is 0 Å². The highest BCUT2D eigenvalue weighted by Gasteiger charge is 2.44. The van der Waals surface area contributed by atoms with E-state index < -0.39 is 17.8 Å². The lowest BCUT2D eigenvalue weighted by molar-refractivity contribution is -0.130. The Morgan fingerprint density at radius 2 is 1.81 bits per heavy atom. The number of aromatic hydroxyl groups is 1. The molecule has 8 rings (SSSR count). The third-order valence-corrected chi connectivity index (χ3v) is 11.5. The molecule has 2 aromatic carbocycles. The highest BCUT2D eigenvalue weighted by molar-refractivity contribution is 6.03. The lowest BCUT2D eigenvalue weighted by Crippen LogP contribution is -2.56. The summed E-state index contributed by atoms with van der Waals surface area (Å²) in [5.74, 6) is 1.26. The second-order valence-electron chi connectivity index (χ2n) is 15.4. The first-order chi connectivity index (χ1) is 27.9. The molecule has 4 saturated heterocycles. The number of anilines is 1. The summed E-state index contributed by atoms with van der Waals surface area (Å²) in [6.07, 6.45) is 13.7. The fourth-order valence-electron chi connectivity index (χ4n) is 8.41. The first-order valence-corrected chi connectivity index (χ1v) is 19.9. The lowest BCUT2D eigenvalue weighted by Gasteiger charge is -2.42. The van der Waals surface area contributed by atoms with Gasteiger partial charge in [0.25, 0.3) is 6.47 Å². The average Bonchev–Trinajstić information content (AvgIpc) is 3.88. The van der Waals surface area contributed by atoms with Crippen LogP contribution in [-0.2, 0) is 14.3 Å². The number of phenols is 1. The summed E-state index contributed by atoms with van der Waals surface area (Å²) < 4.78 is 53.4. The number of carbonyl (C=O) groups excluding carboxylic acids is 2. The summed E-state index contributed by atoms with van der Waals surface area (Å²) in [5, 5.41) is 11.5. The summed E-state index contributed by atoms with van der Waals surface area (Å²) >= 11 is 0. The second-order valence-corrected chi connectivity index (χ2v) is 15.4. The van der Waals surface area contributed by atoms with Crippen LogP contribution in [0.5, 0.6) is 11.8 Å². The van der Waals surface area contributed by atoms with Crippen LogP contribution in [0, 0.1) is 24.0 Å². The average molecular weight is 801 g/mol. The van der Waals surface area contributed by atoms with Gasteiger partial charge in [0.2, 0.25) is 5.91 Å². The van der Waals surface area contributed by atoms with Gasteiger partial charge in [0.15, 0.2) is 5.82 Å². The lowest BCUT2D eigenvalue weighted by atomic mass is 9.96. The predicted octanol–water partition coefficient (Wildman–Crippen LogP) is 7.51. The molecule has 0 radical (unpaired) electrons. The molecule has 58 heavy (non-hydrogen) atoms. The van der Waals surface area contributed by atoms with Crippen molar-refractivity contribution in [1.82, 2.24) is 24.8 Å². The van der Waals surface area contributed by atoms with Crippen molar-refractivity contribution in [1.29, 1.82) is 0 Å². The number of benzene rings is 2. The smallest absolute Gasteiger partial charge is 0.318 e. The molecule has 4 aliphatic rings. The number of hydrogen-bond donors (Lipinski definition) is 1. The van der Waals surface area contributed by atoms with E-state index >= 15 is 4.39 Å². The van der Waals surface area contributed by atoms with Crippen LogP contribution in [0.2, 0.25) is 0 Å². The van der Waals surface area contributed by atoms with Crippen LogP contribution in [0.3, 0.4) is 0 Å². The Bertz CT molecular complexity index is 2220. The van der Waals surface area contributed by atoms with Crippen molar-refractivity contribution in [3.8, 4) is 35.4 Å². The predicted molar refractivity (Wildman–Crippen MR) is 217 cm³/mol. The molecule has 0 spiro atoms. The highest BCUT2D eigenvalue weighted by Crippen LogP contribution is 2.40. The SMILES string of the molecule is C#Cc1c(F)ccc2cc(O)cc(-c3ncc4c(N5CC6CCC(C5)N6C(=O)C(C)=C(C)C)nc(OC)nc4c3F)c12.CCCCOC=O.F[C@@H]1CC2CCCN2C1. The van der Waals surface area contributed by atoms with Gasteiger partial charge >= 0.3 is 6.01 Å². The van der Waals surface area contributed by atoms with Crippen LogP contribution in [0.4, 0.5) is 19.0 Å². The summed E-state index contributed by atoms with van der Waals surface area (Å²) in [7, 11) is 1.40. The van der Waals surface area contributed by atoms with Crippen LogP contribution >= 0.6 is 0 Å². The summed E-state index contributed by atoms with van der Waals surface area (Å²) in [6, 6.07) is 5.95. The van der Waals surface area contributed by atoms with Crippen molar-refractivity contribution in [2.75, 3.05) is 44.8 Å². The van der Waals surface area contributed by atoms with E-state index in [-0.39, 0.29) is 57.5 Å². The van der Waals surface area contributed by atoms with Crippen molar-refractivity contribution >= 4 is 39.9 Å². The van der Waals surface area contributed by atoms with Crippen molar-refractivity contribution in [3.63, 3.8) is 0 Å². The van der Waals surface area contributed by atoms with Crippen LogP contribution in [0.25, 0.3) is 32.9 Å². The molecule has 14 heteroatoms. The number of terminal acetylenes is 1. The minimum atomic E-state index is -0.787. The number of nitrogens with zero attached hydrogens (tertiary/aromatic N) is 6. The maximum Gasteiger partial charge on any atom is 0.318 e. The molecule has 4 aromatic rings. The third kappa shape index (κ3) is 8.70. The van der Waals surface area contributed by atoms with Gasteiger partial charge in [-0.2, -0.15) is 9.97 Å². The maximum atomic E-state index is 16.4. The summed E-state index contributed by atoms with van der Waals surface area (Å²) in [5.41, 5.74) is 1.63. The van der Waals surface area contributed by atoms with Crippen molar-refractivity contribution < 1.29 is 37.3 Å². The molecule has 4 fully saturated rings. The van der Waals surface area contributed by atoms with Gasteiger partial charge in [-0.1, -0.05) is 30.9 Å². The Balaban J connectivity index is 0.000000293. The number of alkyl halides is 1. The van der Waals surface area contributed by atoms with Gasteiger partial charge in [-0.05, 0) is 89.4 Å². The number of aromatic nitrogens is 3. The number of allylic oxidation sites excluding steroid dienone is 1. The van der Waals surface area contributed by atoms with Gasteiger partial charge in [-0.25, -0.2) is 13.2 Å². The standard InChI is InChI=1S/C32H29F2N5O3.C7H12FN.C5H10O2/c1-6-22-25(33)10-7-18-11-21(40)12-23(26(18)22)28-27(34)29-24(13-35-28)30(37-32(36-29)42-5)38-14-19-8-9-20(15-38)39(19)31(41)17(4)16(2)3;8-6-4-7-2-1-3-9(7)5-6;1-2-3-4-7-5-6/h1,7,10-13,19-20,40H,8-9,14-15H2,2-5H3;6-7H,1-5H2;5H,2-4H2,1H3/t;6-,7?;/m.1./s1. The molecule has 4 atom stereocenters. The minimum absolute atomic E-state index is 0.0191. The topological polar surface area (TPSA) is 121 Å². The van der Waals surface area contributed by atoms with E-state index in [0.717, 1.165) is 49.8 Å². The fourth-order valence-corrected chi connectivity index (χ4v) is 8.41. The van der Waals surface area contributed by atoms with E-state index in [2.05, 4.69) is 30.5 Å². The number of pyridine rings is 1. The molecule has 308 valence electrons. The quantitative estimate of drug-likeness (QED) is 0.0830. The largest absolute Gasteiger partial charge is 0.508 e. The summed E-state index contributed by atoms with van der Waals surface area (Å²) in [6.45, 7) is 11.7. The molecular formula is C44H51F3N6O5. The highest BCUT2D eigenvalue weighted by atomic mass is 19.1. The Hall–Kier alpha value is -5.42. The Kier molecular flexibility index (Phi) is 13.4. The molecule has 4 aliphatic heterocycles. The molecule has 1 N–H and O–H groups in total. The third-order valence-electron chi connectivity index (χ3n) is 11.5. The van der Waals surface area contributed by atoms with Gasteiger partial charge in [-0.15, -0.1) is 6.42 Å². The van der Waals surface area contributed by atoms with E-state index in [4.69, 9.17) is 11.2 Å². The first-order valence-electron chi connectivity index (χ1n) is 19.9. The molecule has 2 aromatic heterocycles. The first kappa shape index (κ1) is 42.2. The van der Waals surface area contributed by atoms with Crippen LogP contribution in [0.15, 0.2) is 41.6 Å². The molecule has 0 saturated carbocycles. The van der Waals surface area contributed by atoms with Gasteiger partial charge in [-0.3, -0.25) is 19.5 Å². The number of amides is 1. The Morgan fingerprint density at radius 1 is 1.07 bits per heavy atom. The number of halogens is 3. The monoisotopic (exact) mass is 800 g/mol. The number of phenolic OH excluding ortho intramolecular Hbond substituents is 1. The van der Waals surface area contributed by atoms with Gasteiger partial charge < -0.3 is 24.4 Å². The Labute approximate surface area is 337 Å². The second kappa shape index (κ2) is 18.4. The number of fused-ring (bicyclic) bond motifs is 5. The van der Waals surface area contributed by atoms with Crippen molar-refractivity contribution in [2.45, 2.75) is 96.9 Å². The van der Waals surface area contributed by atoms with E-state index in [1.165, 1.54) is 50.4 Å². The number of methoxy groups -OCH3 is 1. The van der Waals surface area contributed by atoms with Crippen LogP contribution < -0.4 is 9.64 Å². The number of unbranched alkanes of at least 4 members (excludes halogenated alkanes) is 1. The molecule has 3 unspecified atom stereocenters. The molecule has 6 heterocycles. The number of hydrogen-bond acceptors (Lipinski definition) is 10. The van der Waals surface area contributed by atoms with Crippen LogP contribution in [-0.4, -0.2) is 106 Å². The zero-order valence-electron chi connectivity index (χ0n) is 33.7. The van der Waals surface area contributed by atoms with Crippen LogP contribution in [0.1, 0.15) is 78.2 Å². The Morgan fingerprint density at radius 3 is 2.45 bits per heavy atom. The zero-order chi connectivity index (χ0) is 41.7. The number of ether oxygens (including phenoxy) is 2. The van der Waals surface area contributed by atoms with Gasteiger partial charge in [0.1, 0.15) is 34.8 Å². The fraction of sp³-hybridized carbons (Fsp3) is 0.477. The van der Waals surface area contributed by atoms with Gasteiger partial charge in [0, 0.05) is 48.4 Å². The van der Waals surface area contributed by atoms with E-state index in [1.807, 2.05) is 37.5 Å². The number of piperazine rings is 1. The van der Waals surface area contributed by atoms with Gasteiger partial charge in [0.05, 0.1) is 36.8 Å².